The Balaban J connectivity index is 2.29. The van der Waals surface area contributed by atoms with Crippen LogP contribution >= 0.6 is 0 Å². The summed E-state index contributed by atoms with van der Waals surface area (Å²) in [6.07, 6.45) is 3.61. The third kappa shape index (κ3) is 3.58. The molecule has 0 fully saturated rings. The molecule has 3 heteroatoms. The lowest BCUT2D eigenvalue weighted by Crippen LogP contribution is -2.05. The molecule has 3 nitrogen and oxygen atoms in total. The average molecular weight is 270 g/mol. The second-order valence-corrected chi connectivity index (χ2v) is 5.36. The largest absolute Gasteiger partial charge is 0.455 e. The minimum atomic E-state index is 0.430. The van der Waals surface area contributed by atoms with Crippen LogP contribution in [0.15, 0.2) is 36.7 Å². The molecule has 2 aromatic rings. The number of benzene rings is 1. The van der Waals surface area contributed by atoms with Crippen molar-refractivity contribution in [2.45, 2.75) is 33.2 Å². The third-order valence-electron chi connectivity index (χ3n) is 3.17. The maximum Gasteiger partial charge on any atom is 0.146 e. The van der Waals surface area contributed by atoms with Crippen molar-refractivity contribution in [1.29, 1.82) is 0 Å². The van der Waals surface area contributed by atoms with E-state index in [1.54, 1.807) is 6.20 Å². The lowest BCUT2D eigenvalue weighted by molar-refractivity contribution is 0.469. The number of ether oxygens (including phenoxy) is 1. The van der Waals surface area contributed by atoms with Crippen molar-refractivity contribution in [3.8, 4) is 11.5 Å². The van der Waals surface area contributed by atoms with E-state index < -0.39 is 0 Å². The van der Waals surface area contributed by atoms with E-state index in [1.165, 1.54) is 11.1 Å². The Morgan fingerprint density at radius 3 is 2.70 bits per heavy atom. The predicted molar refractivity (Wildman–Crippen MR) is 82.3 cm³/mol. The van der Waals surface area contributed by atoms with Crippen LogP contribution in [0.1, 0.15) is 36.5 Å². The molecule has 0 aliphatic heterocycles. The van der Waals surface area contributed by atoms with Crippen molar-refractivity contribution < 1.29 is 4.74 Å². The van der Waals surface area contributed by atoms with Gasteiger partial charge in [0.2, 0.25) is 0 Å². The van der Waals surface area contributed by atoms with Gasteiger partial charge in [0.05, 0.1) is 6.20 Å². The minimum absolute atomic E-state index is 0.430. The van der Waals surface area contributed by atoms with Crippen LogP contribution in [0.2, 0.25) is 0 Å². The highest BCUT2D eigenvalue weighted by molar-refractivity contribution is 5.42. The van der Waals surface area contributed by atoms with E-state index >= 15 is 0 Å². The average Bonchev–Trinajstić information content (AvgIpc) is 2.39. The molecule has 1 aromatic heterocycles. The van der Waals surface area contributed by atoms with Crippen molar-refractivity contribution in [3.05, 3.63) is 53.3 Å². The lowest BCUT2D eigenvalue weighted by atomic mass is 10.0. The summed E-state index contributed by atoms with van der Waals surface area (Å²) in [6, 6.07) is 8.37. The Hall–Kier alpha value is -1.87. The summed E-state index contributed by atoms with van der Waals surface area (Å²) in [5.41, 5.74) is 3.53. The highest BCUT2D eigenvalue weighted by atomic mass is 16.5. The Morgan fingerprint density at radius 1 is 1.20 bits per heavy atom. The molecule has 1 heterocycles. The van der Waals surface area contributed by atoms with E-state index in [-0.39, 0.29) is 0 Å². The fourth-order valence-corrected chi connectivity index (χ4v) is 2.15. The van der Waals surface area contributed by atoms with Gasteiger partial charge in [-0.05, 0) is 48.7 Å². The molecule has 106 valence electrons. The van der Waals surface area contributed by atoms with Gasteiger partial charge in [-0.25, -0.2) is 0 Å². The first kappa shape index (κ1) is 14.5. The van der Waals surface area contributed by atoms with Gasteiger partial charge in [0.1, 0.15) is 11.5 Å². The zero-order valence-corrected chi connectivity index (χ0v) is 12.6. The van der Waals surface area contributed by atoms with Crippen LogP contribution in [0, 0.1) is 6.92 Å². The van der Waals surface area contributed by atoms with E-state index in [2.05, 4.69) is 49.3 Å². The molecule has 0 atom stereocenters. The molecule has 0 aliphatic carbocycles. The third-order valence-corrected chi connectivity index (χ3v) is 3.17. The summed E-state index contributed by atoms with van der Waals surface area (Å²) in [4.78, 5) is 4.23. The van der Waals surface area contributed by atoms with Gasteiger partial charge in [-0.3, -0.25) is 4.98 Å². The Morgan fingerprint density at radius 2 is 2.00 bits per heavy atom. The van der Waals surface area contributed by atoms with Gasteiger partial charge in [0.25, 0.3) is 0 Å². The Bertz CT molecular complexity index is 579. The summed E-state index contributed by atoms with van der Waals surface area (Å²) < 4.78 is 6.05. The van der Waals surface area contributed by atoms with Crippen LogP contribution in [0.25, 0.3) is 0 Å². The van der Waals surface area contributed by atoms with Gasteiger partial charge >= 0.3 is 0 Å². The molecule has 0 saturated carbocycles. The monoisotopic (exact) mass is 270 g/mol. The molecule has 0 bridgehead atoms. The summed E-state index contributed by atoms with van der Waals surface area (Å²) in [5, 5.41) is 3.12. The molecular formula is C17H22N2O. The molecule has 0 amide bonds. The maximum atomic E-state index is 6.05. The Kier molecular flexibility index (Phi) is 4.74. The number of aromatic nitrogens is 1. The summed E-state index contributed by atoms with van der Waals surface area (Å²) in [5.74, 6) is 2.13. The molecule has 0 unspecified atom stereocenters. The zero-order valence-electron chi connectivity index (χ0n) is 12.6. The highest BCUT2D eigenvalue weighted by Gasteiger charge is 2.09. The first-order chi connectivity index (χ1) is 9.60. The number of hydrogen-bond donors (Lipinski definition) is 1. The topological polar surface area (TPSA) is 34.2 Å². The summed E-state index contributed by atoms with van der Waals surface area (Å²) in [7, 11) is 1.92. The number of pyridine rings is 1. The number of rotatable bonds is 5. The van der Waals surface area contributed by atoms with E-state index in [0.29, 0.717) is 5.92 Å². The van der Waals surface area contributed by atoms with E-state index in [4.69, 9.17) is 4.74 Å². The fraction of sp³-hybridized carbons (Fsp3) is 0.353. The molecule has 20 heavy (non-hydrogen) atoms. The number of nitrogens with one attached hydrogen (secondary N) is 1. The first-order valence-corrected chi connectivity index (χ1v) is 6.97. The zero-order chi connectivity index (χ0) is 14.5. The SMILES string of the molecule is CNCc1cncc(Oc2cc(C)ccc2C(C)C)c1. The quantitative estimate of drug-likeness (QED) is 0.891. The van der Waals surface area contributed by atoms with Gasteiger partial charge in [0, 0.05) is 12.7 Å². The van der Waals surface area contributed by atoms with E-state index in [1.807, 2.05) is 19.3 Å². The molecule has 0 radical (unpaired) electrons. The molecule has 0 spiro atoms. The van der Waals surface area contributed by atoms with Crippen LogP contribution in [-0.4, -0.2) is 12.0 Å². The van der Waals surface area contributed by atoms with E-state index in [0.717, 1.165) is 23.6 Å². The summed E-state index contributed by atoms with van der Waals surface area (Å²) >= 11 is 0. The first-order valence-electron chi connectivity index (χ1n) is 6.97. The van der Waals surface area contributed by atoms with Crippen molar-refractivity contribution in [1.82, 2.24) is 10.3 Å². The van der Waals surface area contributed by atoms with Crippen molar-refractivity contribution >= 4 is 0 Å². The standard InChI is InChI=1S/C17H22N2O/c1-12(2)16-6-5-13(3)7-17(16)20-15-8-14(9-18-4)10-19-11-15/h5-8,10-12,18H,9H2,1-4H3. The molecular weight excluding hydrogens is 248 g/mol. The number of hydrogen-bond acceptors (Lipinski definition) is 3. The normalized spacial score (nSPS) is 10.8. The fourth-order valence-electron chi connectivity index (χ4n) is 2.15. The lowest BCUT2D eigenvalue weighted by Gasteiger charge is -2.15. The van der Waals surface area contributed by atoms with Crippen LogP contribution in [0.4, 0.5) is 0 Å². The van der Waals surface area contributed by atoms with E-state index in [9.17, 15) is 0 Å². The molecule has 1 N–H and O–H groups in total. The second-order valence-electron chi connectivity index (χ2n) is 5.36. The second kappa shape index (κ2) is 6.53. The molecule has 0 aliphatic rings. The number of aryl methyl sites for hydroxylation is 1. The number of nitrogens with zero attached hydrogens (tertiary/aromatic N) is 1. The van der Waals surface area contributed by atoms with Gasteiger partial charge < -0.3 is 10.1 Å². The van der Waals surface area contributed by atoms with Crippen LogP contribution in [0.5, 0.6) is 11.5 Å². The van der Waals surface area contributed by atoms with Gasteiger partial charge in [0.15, 0.2) is 0 Å². The summed E-state index contributed by atoms with van der Waals surface area (Å²) in [6.45, 7) is 7.21. The van der Waals surface area contributed by atoms with Crippen LogP contribution in [0.3, 0.4) is 0 Å². The minimum Gasteiger partial charge on any atom is -0.455 e. The maximum absolute atomic E-state index is 6.05. The Labute approximate surface area is 121 Å². The highest BCUT2D eigenvalue weighted by Crippen LogP contribution is 2.31. The van der Waals surface area contributed by atoms with Crippen LogP contribution in [-0.2, 0) is 6.54 Å². The van der Waals surface area contributed by atoms with Gasteiger partial charge in [-0.1, -0.05) is 26.0 Å². The van der Waals surface area contributed by atoms with Gasteiger partial charge in [-0.2, -0.15) is 0 Å². The molecule has 0 saturated heterocycles. The van der Waals surface area contributed by atoms with Gasteiger partial charge in [-0.15, -0.1) is 0 Å². The van der Waals surface area contributed by atoms with Crippen molar-refractivity contribution in [3.63, 3.8) is 0 Å². The molecule has 1 aromatic carbocycles. The van der Waals surface area contributed by atoms with Crippen LogP contribution < -0.4 is 10.1 Å². The molecule has 2 rings (SSSR count). The van der Waals surface area contributed by atoms with Crippen molar-refractivity contribution in [2.75, 3.05) is 7.05 Å². The smallest absolute Gasteiger partial charge is 0.146 e. The van der Waals surface area contributed by atoms with Crippen molar-refractivity contribution in [2.24, 2.45) is 0 Å². The predicted octanol–water partition coefficient (Wildman–Crippen LogP) is 4.03.